The molecule has 0 aliphatic rings. The van der Waals surface area contributed by atoms with Crippen molar-refractivity contribution in [3.05, 3.63) is 29.6 Å². The Hall–Kier alpha value is 0.381. The molecule has 0 bridgehead atoms. The second-order valence-electron chi connectivity index (χ2n) is 1.15. The normalized spacial score (nSPS) is 6.00. The molecular formula is C5H6LiSi2. The van der Waals surface area contributed by atoms with Crippen LogP contribution in [0.25, 0.3) is 0 Å². The largest absolute Gasteiger partial charge is 0.0805 e. The van der Waals surface area contributed by atoms with Crippen LogP contribution in [0, 0.1) is 0 Å². The molecule has 3 heteroatoms. The molecule has 1 rings (SSSR count). The molecule has 1 aromatic heterocycles. The molecule has 0 fully saturated rings. The Morgan fingerprint density at radius 3 is 1.50 bits per heavy atom. The molecule has 8 heavy (non-hydrogen) atoms. The summed E-state index contributed by atoms with van der Waals surface area (Å²) in [6.07, 6.45) is 0. The van der Waals surface area contributed by atoms with E-state index < -0.39 is 0 Å². The van der Waals surface area contributed by atoms with Crippen molar-refractivity contribution in [1.82, 2.24) is 0 Å². The van der Waals surface area contributed by atoms with E-state index in [2.05, 4.69) is 29.6 Å². The molecule has 0 aliphatic heterocycles. The fourth-order valence-corrected chi connectivity index (χ4v) is 1.03. The van der Waals surface area contributed by atoms with Crippen LogP contribution in [0.3, 0.4) is 0 Å². The van der Waals surface area contributed by atoms with Crippen LogP contribution < -0.4 is 0 Å². The number of hydrogen-bond acceptors (Lipinski definition) is 0. The maximum absolute atomic E-state index is 2.21. The van der Waals surface area contributed by atoms with Gasteiger partial charge in [0.1, 0.15) is 0 Å². The van der Waals surface area contributed by atoms with Crippen LogP contribution in [0.15, 0.2) is 29.6 Å². The third-order valence-corrected chi connectivity index (χ3v) is 1.56. The SMILES string of the molecule is [Li].[Si].c1cc[siH]cc1. The van der Waals surface area contributed by atoms with Crippen LogP contribution in [0.2, 0.25) is 0 Å². The van der Waals surface area contributed by atoms with Gasteiger partial charge in [-0.15, -0.1) is 0 Å². The Morgan fingerprint density at radius 1 is 0.875 bits per heavy atom. The van der Waals surface area contributed by atoms with Gasteiger partial charge in [-0.2, -0.15) is 0 Å². The predicted molar refractivity (Wildman–Crippen MR) is 40.7 cm³/mol. The Labute approximate surface area is 68.6 Å². The molecule has 1 heterocycles. The summed E-state index contributed by atoms with van der Waals surface area (Å²) in [6.45, 7) is 0. The van der Waals surface area contributed by atoms with Gasteiger partial charge >= 0.3 is 0 Å². The van der Waals surface area contributed by atoms with Crippen molar-refractivity contribution in [1.29, 1.82) is 0 Å². The van der Waals surface area contributed by atoms with Crippen LogP contribution in [-0.4, -0.2) is 38.9 Å². The van der Waals surface area contributed by atoms with Gasteiger partial charge in [-0.25, -0.2) is 0 Å². The van der Waals surface area contributed by atoms with E-state index >= 15 is 0 Å². The van der Waals surface area contributed by atoms with E-state index in [-0.39, 0.29) is 29.8 Å². The third-order valence-electron chi connectivity index (χ3n) is 0.667. The van der Waals surface area contributed by atoms with E-state index in [4.69, 9.17) is 0 Å². The van der Waals surface area contributed by atoms with E-state index in [9.17, 15) is 0 Å². The summed E-state index contributed by atoms with van der Waals surface area (Å²) in [6, 6.07) is 6.24. The Kier molecular flexibility index (Phi) is 10.3. The zero-order valence-electron chi connectivity index (χ0n) is 4.96. The minimum absolute atomic E-state index is 0. The Bertz CT molecular complexity index is 82.4. The summed E-state index contributed by atoms with van der Waals surface area (Å²) in [7, 11) is 0.513. The van der Waals surface area contributed by atoms with Crippen LogP contribution in [0.4, 0.5) is 0 Å². The van der Waals surface area contributed by atoms with Gasteiger partial charge in [-0.3, -0.25) is 0 Å². The van der Waals surface area contributed by atoms with Crippen molar-refractivity contribution in [3.63, 3.8) is 0 Å². The summed E-state index contributed by atoms with van der Waals surface area (Å²) in [5.74, 6) is 0. The fourth-order valence-electron chi connectivity index (χ4n) is 0.385. The summed E-state index contributed by atoms with van der Waals surface area (Å²) in [5.41, 5.74) is 4.42. The van der Waals surface area contributed by atoms with Crippen LogP contribution >= 0.6 is 0 Å². The molecule has 0 nitrogen and oxygen atoms in total. The average Bonchev–Trinajstić information content (AvgIpc) is 1.72. The molecule has 0 aliphatic carbocycles. The molecule has 5 radical (unpaired) electrons. The maximum atomic E-state index is 2.21. The Balaban J connectivity index is 0. The van der Waals surface area contributed by atoms with Crippen molar-refractivity contribution in [3.8, 4) is 0 Å². The standard InChI is InChI=1S/C5H6Si.Li.Si/c1-2-4-6-5-3-1;;/h1-6H;;. The van der Waals surface area contributed by atoms with Gasteiger partial charge in [-0.05, 0) is 0 Å². The fraction of sp³-hybridized carbons (Fsp3) is 0. The quantitative estimate of drug-likeness (QED) is 0.432. The average molecular weight is 129 g/mol. The van der Waals surface area contributed by atoms with Gasteiger partial charge in [-0.1, -0.05) is 29.6 Å². The first-order chi connectivity index (χ1) is 3.00. The molecule has 0 unspecified atom stereocenters. The van der Waals surface area contributed by atoms with E-state index in [1.54, 1.807) is 0 Å². The first-order valence-electron chi connectivity index (χ1n) is 2.00. The van der Waals surface area contributed by atoms with Crippen molar-refractivity contribution in [2.24, 2.45) is 0 Å². The minimum Gasteiger partial charge on any atom is -0.0805 e. The van der Waals surface area contributed by atoms with E-state index in [1.165, 1.54) is 0 Å². The van der Waals surface area contributed by atoms with E-state index in [0.29, 0.717) is 9.12 Å². The molecule has 0 saturated heterocycles. The summed E-state index contributed by atoms with van der Waals surface area (Å²) < 4.78 is 0. The van der Waals surface area contributed by atoms with Gasteiger partial charge < -0.3 is 0 Å². The van der Waals surface area contributed by atoms with Crippen LogP contribution in [-0.2, 0) is 0 Å². The van der Waals surface area contributed by atoms with Crippen LogP contribution in [0.1, 0.15) is 0 Å². The number of rotatable bonds is 0. The molecule has 1 aromatic rings. The summed E-state index contributed by atoms with van der Waals surface area (Å²) in [5, 5.41) is 0. The zero-order valence-corrected chi connectivity index (χ0v) is 7.12. The van der Waals surface area contributed by atoms with Crippen molar-refractivity contribution in [2.75, 3.05) is 0 Å². The smallest absolute Gasteiger partial charge is 0.0198 e. The van der Waals surface area contributed by atoms with Crippen LogP contribution in [0.5, 0.6) is 0 Å². The molecule has 0 spiro atoms. The van der Waals surface area contributed by atoms with Gasteiger partial charge in [0.05, 0.1) is 0 Å². The predicted octanol–water partition coefficient (Wildman–Crippen LogP) is -0.00460. The maximum Gasteiger partial charge on any atom is 0.0198 e. The molecule has 0 amide bonds. The second-order valence-corrected chi connectivity index (χ2v) is 2.31. The molecule has 0 atom stereocenters. The molecule has 0 N–H and O–H groups in total. The molecule has 35 valence electrons. The molecule has 0 aromatic carbocycles. The van der Waals surface area contributed by atoms with Gasteiger partial charge in [0.15, 0.2) is 0 Å². The Morgan fingerprint density at radius 2 is 1.38 bits per heavy atom. The zero-order chi connectivity index (χ0) is 4.24. The second kappa shape index (κ2) is 7.38. The molecule has 0 saturated carbocycles. The van der Waals surface area contributed by atoms with Crippen molar-refractivity contribution in [2.45, 2.75) is 0 Å². The van der Waals surface area contributed by atoms with Gasteiger partial charge in [0.25, 0.3) is 0 Å². The summed E-state index contributed by atoms with van der Waals surface area (Å²) >= 11 is 0. The summed E-state index contributed by atoms with van der Waals surface area (Å²) in [4.78, 5) is 0. The van der Waals surface area contributed by atoms with E-state index in [1.807, 2.05) is 0 Å². The monoisotopic (exact) mass is 129 g/mol. The van der Waals surface area contributed by atoms with Crippen molar-refractivity contribution >= 4 is 38.9 Å². The van der Waals surface area contributed by atoms with Gasteiger partial charge in [0.2, 0.25) is 0 Å². The number of hydrogen-bond donors (Lipinski definition) is 0. The van der Waals surface area contributed by atoms with E-state index in [0.717, 1.165) is 0 Å². The van der Waals surface area contributed by atoms with Crippen molar-refractivity contribution < 1.29 is 0 Å². The first-order valence-corrected chi connectivity index (χ1v) is 3.33. The third kappa shape index (κ3) is 4.54. The molecular weight excluding hydrogens is 123 g/mol. The minimum atomic E-state index is 0. The first kappa shape index (κ1) is 11.2. The van der Waals surface area contributed by atoms with Gasteiger partial charge in [0, 0.05) is 38.9 Å². The topological polar surface area (TPSA) is 0 Å².